The van der Waals surface area contributed by atoms with Crippen molar-refractivity contribution in [3.8, 4) is 12.3 Å². The van der Waals surface area contributed by atoms with Gasteiger partial charge in [-0.2, -0.15) is 13.2 Å². The molecule has 4 fully saturated rings. The molecular formula is C26H35F3N4O4. The number of hydrogen-bond donors (Lipinski definition) is 3. The monoisotopic (exact) mass is 524 g/mol. The van der Waals surface area contributed by atoms with Crippen LogP contribution in [0.15, 0.2) is 0 Å². The third-order valence-electron chi connectivity index (χ3n) is 8.38. The first-order valence-corrected chi connectivity index (χ1v) is 12.9. The first-order chi connectivity index (χ1) is 17.1. The SMILES string of the molecule is C#C[C@H](C[C@@H]1CC2(CC2)NC1=O)NC(=O)[C@@H]1[C@H]2CCC[C@H]2CN1C(=O)[C@@H](NC(=O)C(F)(F)F)C(C)(C)C. The molecule has 0 aromatic carbocycles. The molecule has 204 valence electrons. The second-order valence-corrected chi connectivity index (χ2v) is 12.2. The Morgan fingerprint density at radius 3 is 2.41 bits per heavy atom. The molecule has 2 saturated heterocycles. The van der Waals surface area contributed by atoms with Gasteiger partial charge in [0, 0.05) is 18.0 Å². The van der Waals surface area contributed by atoms with Crippen molar-refractivity contribution in [3.05, 3.63) is 0 Å². The van der Waals surface area contributed by atoms with Crippen molar-refractivity contribution in [2.45, 2.75) is 95.6 Å². The van der Waals surface area contributed by atoms with Crippen LogP contribution in [0.5, 0.6) is 0 Å². The van der Waals surface area contributed by atoms with Crippen molar-refractivity contribution in [2.75, 3.05) is 6.54 Å². The van der Waals surface area contributed by atoms with Gasteiger partial charge in [0.2, 0.25) is 17.7 Å². The lowest BCUT2D eigenvalue weighted by atomic mass is 9.85. The van der Waals surface area contributed by atoms with Crippen LogP contribution in [0, 0.1) is 35.5 Å². The maximum absolute atomic E-state index is 13.6. The molecule has 4 rings (SSSR count). The van der Waals surface area contributed by atoms with Crippen LogP contribution in [0.4, 0.5) is 13.2 Å². The van der Waals surface area contributed by atoms with E-state index in [4.69, 9.17) is 6.42 Å². The maximum atomic E-state index is 13.6. The van der Waals surface area contributed by atoms with E-state index in [0.717, 1.165) is 25.7 Å². The number of amides is 4. The molecule has 3 N–H and O–H groups in total. The second kappa shape index (κ2) is 9.52. The average Bonchev–Trinajstić information content (AvgIpc) is 3.10. The smallest absolute Gasteiger partial charge is 0.350 e. The summed E-state index contributed by atoms with van der Waals surface area (Å²) >= 11 is 0. The van der Waals surface area contributed by atoms with Gasteiger partial charge in [-0.1, -0.05) is 33.1 Å². The number of halogens is 3. The molecule has 2 saturated carbocycles. The molecular weight excluding hydrogens is 489 g/mol. The fourth-order valence-corrected chi connectivity index (χ4v) is 6.26. The van der Waals surface area contributed by atoms with Crippen LogP contribution in [0.25, 0.3) is 0 Å². The molecule has 6 atom stereocenters. The number of carbonyl (C=O) groups excluding carboxylic acids is 4. The lowest BCUT2D eigenvalue weighted by Gasteiger charge is -2.36. The summed E-state index contributed by atoms with van der Waals surface area (Å²) in [6, 6.07) is -3.11. The summed E-state index contributed by atoms with van der Waals surface area (Å²) in [5.41, 5.74) is -1.16. The Labute approximate surface area is 214 Å². The quantitative estimate of drug-likeness (QED) is 0.461. The lowest BCUT2D eigenvalue weighted by molar-refractivity contribution is -0.176. The third kappa shape index (κ3) is 5.58. The van der Waals surface area contributed by atoms with Crippen molar-refractivity contribution in [1.82, 2.24) is 20.9 Å². The molecule has 0 radical (unpaired) electrons. The molecule has 4 amide bonds. The van der Waals surface area contributed by atoms with Gasteiger partial charge in [-0.15, -0.1) is 6.42 Å². The molecule has 2 heterocycles. The third-order valence-corrected chi connectivity index (χ3v) is 8.38. The summed E-state index contributed by atoms with van der Waals surface area (Å²) in [7, 11) is 0. The number of rotatable bonds is 6. The predicted molar refractivity (Wildman–Crippen MR) is 127 cm³/mol. The zero-order valence-corrected chi connectivity index (χ0v) is 21.4. The summed E-state index contributed by atoms with van der Waals surface area (Å²) in [5.74, 6) is -1.34. The topological polar surface area (TPSA) is 108 Å². The molecule has 2 aliphatic heterocycles. The van der Waals surface area contributed by atoms with E-state index in [1.54, 1.807) is 20.8 Å². The Kier molecular flexibility index (Phi) is 7.01. The van der Waals surface area contributed by atoms with Crippen molar-refractivity contribution in [2.24, 2.45) is 23.2 Å². The molecule has 0 unspecified atom stereocenters. The summed E-state index contributed by atoms with van der Waals surface area (Å²) in [6.45, 7) is 4.91. The number of hydrogen-bond acceptors (Lipinski definition) is 4. The predicted octanol–water partition coefficient (Wildman–Crippen LogP) is 1.88. The Balaban J connectivity index is 1.51. The summed E-state index contributed by atoms with van der Waals surface area (Å²) in [6.07, 6.45) is 5.76. The fraction of sp³-hybridized carbons (Fsp3) is 0.769. The minimum atomic E-state index is -5.15. The highest BCUT2D eigenvalue weighted by molar-refractivity contribution is 5.94. The van der Waals surface area contributed by atoms with Crippen LogP contribution >= 0.6 is 0 Å². The Morgan fingerprint density at radius 1 is 1.19 bits per heavy atom. The molecule has 0 bridgehead atoms. The molecule has 8 nitrogen and oxygen atoms in total. The summed E-state index contributed by atoms with van der Waals surface area (Å²) < 4.78 is 39.0. The minimum absolute atomic E-state index is 0.0401. The van der Waals surface area contributed by atoms with Gasteiger partial charge in [-0.3, -0.25) is 19.2 Å². The van der Waals surface area contributed by atoms with Gasteiger partial charge in [0.05, 0.1) is 6.04 Å². The van der Waals surface area contributed by atoms with Crippen molar-refractivity contribution < 1.29 is 32.3 Å². The standard InChI is InChI=1S/C26H35F3N4O4/c1-5-16(11-15-12-25(9-10-25)32-20(15)34)30-21(35)18-17-8-6-7-14(17)13-33(18)22(36)19(24(2,3)4)31-23(37)26(27,28)29/h1,14-19H,6-13H2,2-4H3,(H,30,35)(H,31,37)(H,32,34)/t14-,15+,16+,17-,18-,19+/m0/s1. The van der Waals surface area contributed by atoms with E-state index in [-0.39, 0.29) is 42.2 Å². The van der Waals surface area contributed by atoms with Crippen LogP contribution in [0.3, 0.4) is 0 Å². The van der Waals surface area contributed by atoms with Gasteiger partial charge >= 0.3 is 12.1 Å². The van der Waals surface area contributed by atoms with E-state index < -0.39 is 47.4 Å². The Morgan fingerprint density at radius 2 is 1.86 bits per heavy atom. The normalized spacial score (nSPS) is 29.8. The number of carbonyl (C=O) groups is 4. The van der Waals surface area contributed by atoms with Crippen molar-refractivity contribution in [1.29, 1.82) is 0 Å². The van der Waals surface area contributed by atoms with Crippen LogP contribution in [0.1, 0.15) is 65.7 Å². The number of terminal acetylenes is 1. The number of nitrogens with one attached hydrogen (secondary N) is 3. The number of nitrogens with zero attached hydrogens (tertiary/aromatic N) is 1. The molecule has 4 aliphatic rings. The second-order valence-electron chi connectivity index (χ2n) is 12.2. The van der Waals surface area contributed by atoms with Gasteiger partial charge in [0.1, 0.15) is 12.1 Å². The van der Waals surface area contributed by atoms with E-state index in [2.05, 4.69) is 16.6 Å². The maximum Gasteiger partial charge on any atom is 0.471 e. The van der Waals surface area contributed by atoms with Crippen LogP contribution < -0.4 is 16.0 Å². The molecule has 0 aromatic rings. The van der Waals surface area contributed by atoms with Crippen LogP contribution in [-0.4, -0.2) is 64.9 Å². The van der Waals surface area contributed by atoms with E-state index in [0.29, 0.717) is 12.8 Å². The van der Waals surface area contributed by atoms with Gasteiger partial charge in [0.25, 0.3) is 0 Å². The zero-order chi connectivity index (χ0) is 27.3. The molecule has 0 aromatic heterocycles. The molecule has 37 heavy (non-hydrogen) atoms. The Hall–Kier alpha value is -2.77. The van der Waals surface area contributed by atoms with E-state index in [9.17, 15) is 32.3 Å². The summed E-state index contributed by atoms with van der Waals surface area (Å²) in [4.78, 5) is 52.6. The Bertz CT molecular complexity index is 1010. The van der Waals surface area contributed by atoms with Crippen molar-refractivity contribution in [3.63, 3.8) is 0 Å². The highest BCUT2D eigenvalue weighted by Gasteiger charge is 2.54. The largest absolute Gasteiger partial charge is 0.471 e. The first kappa shape index (κ1) is 27.3. The fourth-order valence-electron chi connectivity index (χ4n) is 6.26. The number of alkyl halides is 3. The van der Waals surface area contributed by atoms with Crippen LogP contribution in [-0.2, 0) is 19.2 Å². The number of fused-ring (bicyclic) bond motifs is 1. The van der Waals surface area contributed by atoms with E-state index in [1.165, 1.54) is 4.90 Å². The average molecular weight is 525 g/mol. The van der Waals surface area contributed by atoms with E-state index >= 15 is 0 Å². The molecule has 2 aliphatic carbocycles. The van der Waals surface area contributed by atoms with Crippen LogP contribution in [0.2, 0.25) is 0 Å². The van der Waals surface area contributed by atoms with E-state index in [1.807, 2.05) is 5.32 Å². The number of likely N-dealkylation sites (tertiary alicyclic amines) is 1. The summed E-state index contributed by atoms with van der Waals surface area (Å²) in [5, 5.41) is 7.69. The van der Waals surface area contributed by atoms with Gasteiger partial charge in [0.15, 0.2) is 0 Å². The zero-order valence-electron chi connectivity index (χ0n) is 21.4. The first-order valence-electron chi connectivity index (χ1n) is 12.9. The lowest BCUT2D eigenvalue weighted by Crippen LogP contribution is -2.60. The van der Waals surface area contributed by atoms with Gasteiger partial charge < -0.3 is 20.9 Å². The van der Waals surface area contributed by atoms with Gasteiger partial charge in [-0.25, -0.2) is 0 Å². The molecule has 11 heteroatoms. The minimum Gasteiger partial charge on any atom is -0.350 e. The van der Waals surface area contributed by atoms with Crippen molar-refractivity contribution >= 4 is 23.6 Å². The highest BCUT2D eigenvalue weighted by Crippen LogP contribution is 2.46. The molecule has 1 spiro atoms. The highest BCUT2D eigenvalue weighted by atomic mass is 19.4. The van der Waals surface area contributed by atoms with Gasteiger partial charge in [-0.05, 0) is 55.8 Å².